The number of aromatic nitrogens is 2. The highest BCUT2D eigenvalue weighted by Gasteiger charge is 2.42. The Morgan fingerprint density at radius 1 is 1.03 bits per heavy atom. The molecule has 8 heteroatoms. The molecule has 0 spiro atoms. The van der Waals surface area contributed by atoms with Gasteiger partial charge in [-0.3, -0.25) is 4.79 Å². The number of allylic oxidation sites excluding steroid dienone is 2. The average Bonchev–Trinajstić information content (AvgIpc) is 3.41. The first-order chi connectivity index (χ1) is 14.6. The third-order valence-electron chi connectivity index (χ3n) is 6.69. The van der Waals surface area contributed by atoms with Crippen LogP contribution in [0.5, 0.6) is 11.5 Å². The number of nitrogens with zero attached hydrogens (tertiary/aromatic N) is 4. The van der Waals surface area contributed by atoms with Gasteiger partial charge in [0.15, 0.2) is 11.5 Å². The van der Waals surface area contributed by atoms with E-state index in [9.17, 15) is 4.79 Å². The van der Waals surface area contributed by atoms with Gasteiger partial charge in [-0.05, 0) is 30.7 Å². The Hall–Kier alpha value is -3.03. The van der Waals surface area contributed by atoms with E-state index in [-0.39, 0.29) is 5.92 Å². The van der Waals surface area contributed by atoms with E-state index in [4.69, 9.17) is 20.2 Å². The predicted octanol–water partition coefficient (Wildman–Crippen LogP) is 2.09. The minimum absolute atomic E-state index is 0.168. The average molecular weight is 409 g/mol. The molecule has 5 rings (SSSR count). The number of amides is 1. The van der Waals surface area contributed by atoms with Crippen LogP contribution in [0.2, 0.25) is 0 Å². The summed E-state index contributed by atoms with van der Waals surface area (Å²) in [4.78, 5) is 26.3. The smallest absolute Gasteiger partial charge is 0.228 e. The lowest BCUT2D eigenvalue weighted by Crippen LogP contribution is -2.51. The van der Waals surface area contributed by atoms with Crippen molar-refractivity contribution >= 4 is 28.6 Å². The minimum Gasteiger partial charge on any atom is -0.493 e. The van der Waals surface area contributed by atoms with Gasteiger partial charge in [0.05, 0.1) is 19.7 Å². The Kier molecular flexibility index (Phi) is 4.64. The predicted molar refractivity (Wildman–Crippen MR) is 115 cm³/mol. The van der Waals surface area contributed by atoms with Crippen LogP contribution in [0.15, 0.2) is 24.3 Å². The summed E-state index contributed by atoms with van der Waals surface area (Å²) in [5, 5.41) is 0.731. The maximum absolute atomic E-state index is 13.0. The number of ether oxygens (including phenoxy) is 2. The second-order valence-corrected chi connectivity index (χ2v) is 8.33. The minimum atomic E-state index is 0.168. The molecule has 2 fully saturated rings. The molecule has 8 nitrogen and oxygen atoms in total. The molecule has 2 bridgehead atoms. The van der Waals surface area contributed by atoms with E-state index in [0.717, 1.165) is 18.2 Å². The van der Waals surface area contributed by atoms with E-state index in [0.29, 0.717) is 72.7 Å². The number of piperazine rings is 1. The van der Waals surface area contributed by atoms with Crippen LogP contribution in [-0.4, -0.2) is 61.2 Å². The lowest BCUT2D eigenvalue weighted by atomic mass is 9.92. The van der Waals surface area contributed by atoms with Gasteiger partial charge in [-0.25, -0.2) is 4.98 Å². The summed E-state index contributed by atoms with van der Waals surface area (Å²) in [6, 6.07) is 3.62. The highest BCUT2D eigenvalue weighted by molar-refractivity contribution is 5.91. The van der Waals surface area contributed by atoms with Crippen LogP contribution in [0.1, 0.15) is 12.8 Å². The number of fused-ring (bicyclic) bond motifs is 3. The fourth-order valence-electron chi connectivity index (χ4n) is 5.03. The molecule has 1 aromatic carbocycles. The van der Waals surface area contributed by atoms with Gasteiger partial charge in [0, 0.05) is 43.5 Å². The lowest BCUT2D eigenvalue weighted by molar-refractivity contribution is -0.136. The second-order valence-electron chi connectivity index (χ2n) is 8.33. The van der Waals surface area contributed by atoms with Gasteiger partial charge in [0.25, 0.3) is 0 Å². The second kappa shape index (κ2) is 7.34. The molecule has 2 aliphatic carbocycles. The maximum atomic E-state index is 13.0. The third-order valence-corrected chi connectivity index (χ3v) is 6.69. The van der Waals surface area contributed by atoms with Gasteiger partial charge < -0.3 is 25.0 Å². The number of carbonyl (C=O) groups excluding carboxylic acids is 1. The molecule has 3 atom stereocenters. The molecule has 2 heterocycles. The third kappa shape index (κ3) is 3.11. The molecule has 0 radical (unpaired) electrons. The number of hydrogen-bond acceptors (Lipinski definition) is 7. The van der Waals surface area contributed by atoms with Crippen LogP contribution in [0.3, 0.4) is 0 Å². The highest BCUT2D eigenvalue weighted by Crippen LogP contribution is 2.44. The van der Waals surface area contributed by atoms with Gasteiger partial charge >= 0.3 is 0 Å². The molecule has 158 valence electrons. The zero-order valence-corrected chi connectivity index (χ0v) is 17.4. The number of hydrogen-bond donors (Lipinski definition) is 1. The SMILES string of the molecule is COc1cc2nc(N3CCN(C(=O)C4CC5C=CC4C5)CC3)nc(N)c2cc1OC. The van der Waals surface area contributed by atoms with E-state index in [1.165, 1.54) is 0 Å². The molecule has 1 amide bonds. The number of rotatable bonds is 4. The van der Waals surface area contributed by atoms with Gasteiger partial charge in [0.2, 0.25) is 11.9 Å². The maximum Gasteiger partial charge on any atom is 0.228 e. The number of benzene rings is 1. The molecule has 2 aromatic rings. The van der Waals surface area contributed by atoms with Gasteiger partial charge in [-0.2, -0.15) is 4.98 Å². The summed E-state index contributed by atoms with van der Waals surface area (Å²) in [6.45, 7) is 2.76. The first-order valence-electron chi connectivity index (χ1n) is 10.5. The van der Waals surface area contributed by atoms with Crippen LogP contribution in [0, 0.1) is 17.8 Å². The molecular weight excluding hydrogens is 382 g/mol. The summed E-state index contributed by atoms with van der Waals surface area (Å²) < 4.78 is 10.7. The fraction of sp³-hybridized carbons (Fsp3) is 0.500. The number of carbonyl (C=O) groups is 1. The van der Waals surface area contributed by atoms with E-state index < -0.39 is 0 Å². The Morgan fingerprint density at radius 3 is 2.40 bits per heavy atom. The Morgan fingerprint density at radius 2 is 1.77 bits per heavy atom. The van der Waals surface area contributed by atoms with E-state index in [1.54, 1.807) is 20.3 Å². The summed E-state index contributed by atoms with van der Waals surface area (Å²) >= 11 is 0. The first-order valence-corrected chi connectivity index (χ1v) is 10.5. The molecular formula is C22H27N5O3. The Labute approximate surface area is 175 Å². The van der Waals surface area contributed by atoms with Crippen LogP contribution in [-0.2, 0) is 4.79 Å². The normalized spacial score (nSPS) is 25.2. The lowest BCUT2D eigenvalue weighted by Gasteiger charge is -2.37. The molecule has 1 saturated heterocycles. The van der Waals surface area contributed by atoms with Crippen molar-refractivity contribution in [3.8, 4) is 11.5 Å². The standard InChI is InChI=1S/C22H27N5O3/c1-29-18-11-16-17(12-19(18)30-2)24-22(25-20(16)23)27-7-5-26(6-8-27)21(28)15-10-13-3-4-14(15)9-13/h3-4,11-15H,5-10H2,1-2H3,(H2,23,24,25). The molecule has 30 heavy (non-hydrogen) atoms. The van der Waals surface area contributed by atoms with Crippen molar-refractivity contribution in [2.75, 3.05) is 51.0 Å². The molecule has 1 aliphatic heterocycles. The molecule has 3 aliphatic rings. The van der Waals surface area contributed by atoms with Gasteiger partial charge in [-0.1, -0.05) is 12.2 Å². The largest absolute Gasteiger partial charge is 0.493 e. The molecule has 3 unspecified atom stereocenters. The van der Waals surface area contributed by atoms with Crippen molar-refractivity contribution in [1.29, 1.82) is 0 Å². The summed E-state index contributed by atoms with van der Waals surface area (Å²) in [6.07, 6.45) is 6.67. The number of nitrogens with two attached hydrogens (primary N) is 1. The summed E-state index contributed by atoms with van der Waals surface area (Å²) in [5.74, 6) is 3.71. The molecule has 1 saturated carbocycles. The first kappa shape index (κ1) is 19.0. The molecule has 2 N–H and O–H groups in total. The Bertz CT molecular complexity index is 1020. The number of anilines is 2. The van der Waals surface area contributed by atoms with Gasteiger partial charge in [0.1, 0.15) is 5.82 Å². The molecule has 1 aromatic heterocycles. The van der Waals surface area contributed by atoms with Crippen LogP contribution in [0.25, 0.3) is 10.9 Å². The zero-order valence-electron chi connectivity index (χ0n) is 17.4. The summed E-state index contributed by atoms with van der Waals surface area (Å²) in [7, 11) is 3.18. The topological polar surface area (TPSA) is 93.8 Å². The van der Waals surface area contributed by atoms with Gasteiger partial charge in [-0.15, -0.1) is 0 Å². The van der Waals surface area contributed by atoms with Crippen LogP contribution in [0.4, 0.5) is 11.8 Å². The van der Waals surface area contributed by atoms with Crippen molar-refractivity contribution in [3.05, 3.63) is 24.3 Å². The van der Waals surface area contributed by atoms with Crippen molar-refractivity contribution in [3.63, 3.8) is 0 Å². The zero-order chi connectivity index (χ0) is 20.8. The summed E-state index contributed by atoms with van der Waals surface area (Å²) in [5.41, 5.74) is 6.94. The monoisotopic (exact) mass is 409 g/mol. The number of methoxy groups -OCH3 is 2. The van der Waals surface area contributed by atoms with E-state index in [1.807, 2.05) is 11.0 Å². The van der Waals surface area contributed by atoms with E-state index >= 15 is 0 Å². The van der Waals surface area contributed by atoms with Crippen molar-refractivity contribution < 1.29 is 14.3 Å². The van der Waals surface area contributed by atoms with E-state index in [2.05, 4.69) is 22.0 Å². The highest BCUT2D eigenvalue weighted by atomic mass is 16.5. The fourth-order valence-corrected chi connectivity index (χ4v) is 5.03. The van der Waals surface area contributed by atoms with Crippen molar-refractivity contribution in [2.45, 2.75) is 12.8 Å². The van der Waals surface area contributed by atoms with Crippen molar-refractivity contribution in [1.82, 2.24) is 14.9 Å². The quantitative estimate of drug-likeness (QED) is 0.773. The van der Waals surface area contributed by atoms with Crippen molar-refractivity contribution in [2.24, 2.45) is 17.8 Å². The number of nitrogen functional groups attached to an aromatic ring is 1. The Balaban J connectivity index is 1.32. The van der Waals surface area contributed by atoms with Crippen LogP contribution < -0.4 is 20.1 Å². The van der Waals surface area contributed by atoms with Crippen LogP contribution >= 0.6 is 0 Å².